The van der Waals surface area contributed by atoms with Crippen molar-refractivity contribution in [3.05, 3.63) is 28.7 Å². The zero-order valence-electron chi connectivity index (χ0n) is 13.2. The van der Waals surface area contributed by atoms with Gasteiger partial charge in [0.05, 0.1) is 6.04 Å². The number of nitrogens with one attached hydrogen (secondary N) is 1. The van der Waals surface area contributed by atoms with Crippen molar-refractivity contribution in [3.8, 4) is 0 Å². The second-order valence-electron chi connectivity index (χ2n) is 5.37. The number of carbonyl (C=O) groups excluding carboxylic acids is 1. The Balaban J connectivity index is 1.68. The number of methoxy groups -OCH3 is 1. The molecule has 0 aliphatic carbocycles. The van der Waals surface area contributed by atoms with Crippen LogP contribution in [0.4, 0.5) is 9.93 Å². The van der Waals surface area contributed by atoms with E-state index >= 15 is 0 Å². The summed E-state index contributed by atoms with van der Waals surface area (Å²) in [6, 6.07) is 3.62. The third kappa shape index (κ3) is 3.53. The molecule has 2 aromatic heterocycles. The second-order valence-corrected chi connectivity index (χ2v) is 6.44. The molecule has 124 valence electrons. The van der Waals surface area contributed by atoms with E-state index in [-0.39, 0.29) is 12.1 Å². The Morgan fingerprint density at radius 1 is 1.52 bits per heavy atom. The van der Waals surface area contributed by atoms with Crippen molar-refractivity contribution < 1.29 is 13.9 Å². The Bertz CT molecular complexity index is 669. The number of rotatable bonds is 5. The molecule has 2 aromatic rings. The molecule has 2 amide bonds. The number of nitrogens with zero attached hydrogens (tertiary/aromatic N) is 3. The number of urea groups is 1. The first-order valence-electron chi connectivity index (χ1n) is 7.68. The van der Waals surface area contributed by atoms with Gasteiger partial charge in [0.15, 0.2) is 0 Å². The van der Waals surface area contributed by atoms with Crippen LogP contribution in [0.1, 0.15) is 42.3 Å². The molecule has 0 saturated carbocycles. The van der Waals surface area contributed by atoms with E-state index < -0.39 is 0 Å². The second kappa shape index (κ2) is 7.10. The van der Waals surface area contributed by atoms with Crippen LogP contribution in [-0.2, 0) is 17.8 Å². The Hall–Kier alpha value is -1.93. The number of aryl methyl sites for hydroxylation is 1. The molecule has 0 bridgehead atoms. The van der Waals surface area contributed by atoms with Crippen LogP contribution in [0.5, 0.6) is 0 Å². The molecule has 3 rings (SSSR count). The van der Waals surface area contributed by atoms with Gasteiger partial charge in [-0.1, -0.05) is 18.3 Å². The highest BCUT2D eigenvalue weighted by atomic mass is 32.1. The number of aromatic nitrogens is 2. The van der Waals surface area contributed by atoms with Gasteiger partial charge in [-0.3, -0.25) is 5.32 Å². The van der Waals surface area contributed by atoms with Crippen LogP contribution in [0.25, 0.3) is 0 Å². The van der Waals surface area contributed by atoms with Gasteiger partial charge in [0.25, 0.3) is 0 Å². The van der Waals surface area contributed by atoms with Gasteiger partial charge in [-0.05, 0) is 31.4 Å². The lowest BCUT2D eigenvalue weighted by Gasteiger charge is -2.22. The fraction of sp³-hybridized carbons (Fsp3) is 0.533. The van der Waals surface area contributed by atoms with E-state index in [9.17, 15) is 4.79 Å². The molecule has 7 nitrogen and oxygen atoms in total. The standard InChI is InChI=1S/C15H20N4O3S/c1-3-13-17-18-14(23-13)16-15(20)19-8-4-5-11(19)12-7-6-10(22-12)9-21-2/h6-7,11H,3-5,8-9H2,1-2H3,(H,16,18,20)/t11-/m0/s1. The van der Waals surface area contributed by atoms with Crippen molar-refractivity contribution in [2.75, 3.05) is 19.0 Å². The van der Waals surface area contributed by atoms with E-state index in [4.69, 9.17) is 9.15 Å². The van der Waals surface area contributed by atoms with Gasteiger partial charge in [0.1, 0.15) is 23.1 Å². The first-order chi connectivity index (χ1) is 11.2. The SMILES string of the molecule is CCc1nnc(NC(=O)N2CCC[C@H]2c2ccc(COC)o2)s1. The number of likely N-dealkylation sites (tertiary alicyclic amines) is 1. The van der Waals surface area contributed by atoms with Gasteiger partial charge in [-0.2, -0.15) is 0 Å². The van der Waals surface area contributed by atoms with Crippen molar-refractivity contribution in [2.24, 2.45) is 0 Å². The van der Waals surface area contributed by atoms with Gasteiger partial charge in [-0.15, -0.1) is 10.2 Å². The van der Waals surface area contributed by atoms with E-state index in [0.717, 1.165) is 35.8 Å². The number of hydrogen-bond acceptors (Lipinski definition) is 6. The average Bonchev–Trinajstić information content (AvgIpc) is 3.27. The fourth-order valence-electron chi connectivity index (χ4n) is 2.71. The summed E-state index contributed by atoms with van der Waals surface area (Å²) in [5.74, 6) is 1.57. The summed E-state index contributed by atoms with van der Waals surface area (Å²) in [7, 11) is 1.63. The quantitative estimate of drug-likeness (QED) is 0.907. The lowest BCUT2D eigenvalue weighted by atomic mass is 10.2. The molecule has 1 fully saturated rings. The highest BCUT2D eigenvalue weighted by molar-refractivity contribution is 7.15. The van der Waals surface area contributed by atoms with E-state index in [1.807, 2.05) is 19.1 Å². The summed E-state index contributed by atoms with van der Waals surface area (Å²) >= 11 is 1.41. The van der Waals surface area contributed by atoms with Crippen molar-refractivity contribution in [2.45, 2.75) is 38.8 Å². The predicted molar refractivity (Wildman–Crippen MR) is 86.4 cm³/mol. The highest BCUT2D eigenvalue weighted by Gasteiger charge is 2.32. The Morgan fingerprint density at radius 3 is 3.13 bits per heavy atom. The van der Waals surface area contributed by atoms with E-state index in [0.29, 0.717) is 18.3 Å². The molecular formula is C15H20N4O3S. The van der Waals surface area contributed by atoms with Gasteiger partial charge in [0.2, 0.25) is 5.13 Å². The first kappa shape index (κ1) is 15.9. The largest absolute Gasteiger partial charge is 0.461 e. The van der Waals surface area contributed by atoms with E-state index in [1.165, 1.54) is 11.3 Å². The minimum atomic E-state index is -0.156. The number of furan rings is 1. The van der Waals surface area contributed by atoms with Crippen molar-refractivity contribution in [1.29, 1.82) is 0 Å². The average molecular weight is 336 g/mol. The van der Waals surface area contributed by atoms with Crippen molar-refractivity contribution in [1.82, 2.24) is 15.1 Å². The van der Waals surface area contributed by atoms with Gasteiger partial charge in [-0.25, -0.2) is 4.79 Å². The minimum Gasteiger partial charge on any atom is -0.461 e. The number of ether oxygens (including phenoxy) is 1. The third-order valence-corrected chi connectivity index (χ3v) is 4.78. The molecule has 0 spiro atoms. The lowest BCUT2D eigenvalue weighted by Crippen LogP contribution is -2.34. The van der Waals surface area contributed by atoms with Crippen LogP contribution >= 0.6 is 11.3 Å². The number of amides is 2. The van der Waals surface area contributed by atoms with Crippen LogP contribution in [0.3, 0.4) is 0 Å². The zero-order valence-corrected chi connectivity index (χ0v) is 14.1. The molecule has 1 aliphatic heterocycles. The van der Waals surface area contributed by atoms with E-state index in [2.05, 4.69) is 15.5 Å². The summed E-state index contributed by atoms with van der Waals surface area (Å²) in [6.07, 6.45) is 2.66. The monoisotopic (exact) mass is 336 g/mol. The molecule has 0 radical (unpaired) electrons. The first-order valence-corrected chi connectivity index (χ1v) is 8.50. The van der Waals surface area contributed by atoms with Crippen LogP contribution in [0, 0.1) is 0 Å². The molecule has 8 heteroatoms. The van der Waals surface area contributed by atoms with Gasteiger partial charge >= 0.3 is 6.03 Å². The number of carbonyl (C=O) groups is 1. The maximum absolute atomic E-state index is 12.5. The Morgan fingerprint density at radius 2 is 2.39 bits per heavy atom. The fourth-order valence-corrected chi connectivity index (χ4v) is 3.38. The number of hydrogen-bond donors (Lipinski definition) is 1. The molecule has 23 heavy (non-hydrogen) atoms. The molecule has 3 heterocycles. The van der Waals surface area contributed by atoms with Gasteiger partial charge < -0.3 is 14.1 Å². The normalized spacial score (nSPS) is 17.7. The Kier molecular flexibility index (Phi) is 4.92. The Labute approximate surface area is 138 Å². The summed E-state index contributed by atoms with van der Waals surface area (Å²) in [6.45, 7) is 3.15. The summed E-state index contributed by atoms with van der Waals surface area (Å²) < 4.78 is 10.9. The summed E-state index contributed by atoms with van der Waals surface area (Å²) in [4.78, 5) is 14.3. The third-order valence-electron chi connectivity index (χ3n) is 3.79. The van der Waals surface area contributed by atoms with Crippen molar-refractivity contribution in [3.63, 3.8) is 0 Å². The van der Waals surface area contributed by atoms with Crippen LogP contribution in [0.2, 0.25) is 0 Å². The molecule has 1 N–H and O–H groups in total. The topological polar surface area (TPSA) is 80.5 Å². The van der Waals surface area contributed by atoms with Crippen LogP contribution in [0.15, 0.2) is 16.5 Å². The van der Waals surface area contributed by atoms with Crippen LogP contribution in [-0.4, -0.2) is 34.8 Å². The summed E-state index contributed by atoms with van der Waals surface area (Å²) in [5.41, 5.74) is 0. The molecule has 0 unspecified atom stereocenters. The molecular weight excluding hydrogens is 316 g/mol. The van der Waals surface area contributed by atoms with Crippen molar-refractivity contribution >= 4 is 22.5 Å². The summed E-state index contributed by atoms with van der Waals surface area (Å²) in [5, 5.41) is 12.3. The molecule has 1 aliphatic rings. The molecule has 1 saturated heterocycles. The minimum absolute atomic E-state index is 0.0424. The number of anilines is 1. The lowest BCUT2D eigenvalue weighted by molar-refractivity contribution is 0.157. The predicted octanol–water partition coefficient (Wildman–Crippen LogP) is 3.21. The maximum Gasteiger partial charge on any atom is 0.324 e. The smallest absolute Gasteiger partial charge is 0.324 e. The zero-order chi connectivity index (χ0) is 16.2. The highest BCUT2D eigenvalue weighted by Crippen LogP contribution is 2.33. The van der Waals surface area contributed by atoms with Gasteiger partial charge in [0, 0.05) is 13.7 Å². The maximum atomic E-state index is 12.5. The van der Waals surface area contributed by atoms with E-state index in [1.54, 1.807) is 12.0 Å². The molecule has 0 aromatic carbocycles. The van der Waals surface area contributed by atoms with Crippen LogP contribution < -0.4 is 5.32 Å². The molecule has 1 atom stereocenters.